The molecule has 0 aromatic heterocycles. The summed E-state index contributed by atoms with van der Waals surface area (Å²) in [5.74, 6) is 1.63. The number of hydrogen-bond acceptors (Lipinski definition) is 3. The molecule has 0 saturated carbocycles. The third-order valence-electron chi connectivity index (χ3n) is 5.05. The van der Waals surface area contributed by atoms with Gasteiger partial charge in [0.25, 0.3) is 0 Å². The van der Waals surface area contributed by atoms with Gasteiger partial charge in [0, 0.05) is 30.7 Å². The first kappa shape index (κ1) is 13.9. The molecule has 1 heterocycles. The summed E-state index contributed by atoms with van der Waals surface area (Å²) < 4.78 is 0. The van der Waals surface area contributed by atoms with Crippen LogP contribution in [-0.4, -0.2) is 29.1 Å². The van der Waals surface area contributed by atoms with Crippen molar-refractivity contribution in [2.75, 3.05) is 13.1 Å². The molecule has 2 aliphatic rings. The van der Waals surface area contributed by atoms with Gasteiger partial charge in [-0.05, 0) is 48.8 Å². The number of nitrogens with zero attached hydrogens (tertiary/aromatic N) is 1. The zero-order chi connectivity index (χ0) is 14.4. The molecule has 110 valence electrons. The molecule has 4 unspecified atom stereocenters. The highest BCUT2D eigenvalue weighted by molar-refractivity contribution is 5.51. The van der Waals surface area contributed by atoms with Crippen LogP contribution in [0.5, 0.6) is 5.75 Å². The van der Waals surface area contributed by atoms with E-state index in [1.54, 1.807) is 0 Å². The molecule has 0 radical (unpaired) electrons. The summed E-state index contributed by atoms with van der Waals surface area (Å²) >= 11 is 0. The number of fused-ring (bicyclic) bond motifs is 1. The summed E-state index contributed by atoms with van der Waals surface area (Å²) in [6.45, 7) is 8.76. The van der Waals surface area contributed by atoms with Crippen LogP contribution in [0.2, 0.25) is 0 Å². The lowest BCUT2D eigenvalue weighted by atomic mass is 9.93. The van der Waals surface area contributed by atoms with Crippen LogP contribution in [0.3, 0.4) is 0 Å². The Morgan fingerprint density at radius 3 is 2.60 bits per heavy atom. The minimum atomic E-state index is 0.269. The van der Waals surface area contributed by atoms with Crippen molar-refractivity contribution in [1.29, 1.82) is 0 Å². The fourth-order valence-electron chi connectivity index (χ4n) is 4.34. The molecule has 3 heteroatoms. The van der Waals surface area contributed by atoms with Crippen LogP contribution in [-0.2, 0) is 0 Å². The Morgan fingerprint density at radius 2 is 1.90 bits per heavy atom. The van der Waals surface area contributed by atoms with E-state index in [1.165, 1.54) is 16.7 Å². The Kier molecular flexibility index (Phi) is 3.51. The van der Waals surface area contributed by atoms with E-state index in [0.717, 1.165) is 25.9 Å². The van der Waals surface area contributed by atoms with Gasteiger partial charge in [0.05, 0.1) is 0 Å². The van der Waals surface area contributed by atoms with Gasteiger partial charge < -0.3 is 10.8 Å². The molecular formula is C17H26N2O. The van der Waals surface area contributed by atoms with Crippen molar-refractivity contribution < 1.29 is 5.11 Å². The summed E-state index contributed by atoms with van der Waals surface area (Å²) in [7, 11) is 0. The monoisotopic (exact) mass is 274 g/mol. The van der Waals surface area contributed by atoms with Crippen molar-refractivity contribution in [2.45, 2.75) is 51.6 Å². The van der Waals surface area contributed by atoms with Crippen LogP contribution >= 0.6 is 0 Å². The van der Waals surface area contributed by atoms with Gasteiger partial charge in [-0.3, -0.25) is 4.90 Å². The summed E-state index contributed by atoms with van der Waals surface area (Å²) in [6, 6.07) is 4.50. The number of nitrogens with two attached hydrogens (primary N) is 1. The molecule has 1 saturated heterocycles. The number of aromatic hydroxyl groups is 1. The molecule has 1 aromatic carbocycles. The first-order valence-corrected chi connectivity index (χ1v) is 7.79. The lowest BCUT2D eigenvalue weighted by Gasteiger charge is -2.39. The minimum absolute atomic E-state index is 0.269. The molecule has 3 N–H and O–H groups in total. The van der Waals surface area contributed by atoms with Gasteiger partial charge in [0.15, 0.2) is 0 Å². The zero-order valence-electron chi connectivity index (χ0n) is 12.8. The molecule has 1 aliphatic carbocycles. The second-order valence-electron chi connectivity index (χ2n) is 6.94. The predicted octanol–water partition coefficient (Wildman–Crippen LogP) is 2.92. The van der Waals surface area contributed by atoms with E-state index in [4.69, 9.17) is 5.73 Å². The van der Waals surface area contributed by atoms with E-state index < -0.39 is 0 Å². The lowest BCUT2D eigenvalue weighted by molar-refractivity contribution is 0.112. The van der Waals surface area contributed by atoms with Crippen LogP contribution in [0.4, 0.5) is 0 Å². The highest BCUT2D eigenvalue weighted by atomic mass is 16.3. The van der Waals surface area contributed by atoms with E-state index in [-0.39, 0.29) is 6.04 Å². The van der Waals surface area contributed by atoms with Crippen LogP contribution in [0.1, 0.15) is 55.3 Å². The number of phenolic OH excluding ortho intramolecular Hbond substituents is 1. The summed E-state index contributed by atoms with van der Waals surface area (Å²) in [4.78, 5) is 2.50. The molecule has 1 aromatic rings. The van der Waals surface area contributed by atoms with Gasteiger partial charge in [-0.15, -0.1) is 0 Å². The van der Waals surface area contributed by atoms with Crippen molar-refractivity contribution in [3.8, 4) is 5.75 Å². The molecular weight excluding hydrogens is 248 g/mol. The minimum Gasteiger partial charge on any atom is -0.508 e. The van der Waals surface area contributed by atoms with Gasteiger partial charge >= 0.3 is 0 Å². The van der Waals surface area contributed by atoms with Crippen molar-refractivity contribution in [3.63, 3.8) is 0 Å². The number of likely N-dealkylation sites (tertiary alicyclic amines) is 1. The van der Waals surface area contributed by atoms with Crippen molar-refractivity contribution in [1.82, 2.24) is 4.90 Å². The van der Waals surface area contributed by atoms with E-state index >= 15 is 0 Å². The molecule has 3 nitrogen and oxygen atoms in total. The maximum atomic E-state index is 10.3. The molecule has 4 atom stereocenters. The summed E-state index contributed by atoms with van der Waals surface area (Å²) in [5, 5.41) is 10.3. The normalized spacial score (nSPS) is 34.2. The van der Waals surface area contributed by atoms with Gasteiger partial charge in [0.2, 0.25) is 0 Å². The third kappa shape index (κ3) is 2.23. The second-order valence-corrected chi connectivity index (χ2v) is 6.94. The fraction of sp³-hybridized carbons (Fsp3) is 0.647. The highest BCUT2D eigenvalue weighted by Crippen LogP contribution is 2.49. The highest BCUT2D eigenvalue weighted by Gasteiger charge is 2.38. The number of hydrogen-bond donors (Lipinski definition) is 2. The third-order valence-corrected chi connectivity index (χ3v) is 5.05. The van der Waals surface area contributed by atoms with Crippen molar-refractivity contribution in [2.24, 2.45) is 11.7 Å². The molecule has 0 bridgehead atoms. The Morgan fingerprint density at radius 1 is 1.15 bits per heavy atom. The van der Waals surface area contributed by atoms with E-state index in [0.29, 0.717) is 23.6 Å². The Labute approximate surface area is 121 Å². The first-order valence-electron chi connectivity index (χ1n) is 7.79. The molecule has 3 rings (SSSR count). The maximum Gasteiger partial charge on any atom is 0.120 e. The van der Waals surface area contributed by atoms with Crippen LogP contribution in [0.15, 0.2) is 12.1 Å². The topological polar surface area (TPSA) is 49.5 Å². The van der Waals surface area contributed by atoms with Crippen molar-refractivity contribution >= 4 is 0 Å². The van der Waals surface area contributed by atoms with Gasteiger partial charge in [0.1, 0.15) is 5.75 Å². The smallest absolute Gasteiger partial charge is 0.120 e. The molecule has 0 amide bonds. The van der Waals surface area contributed by atoms with E-state index in [1.807, 2.05) is 12.1 Å². The number of benzene rings is 1. The standard InChI is InChI=1S/C17H26N2O/c1-10-6-13(18)9-19(8-10)14-7-12(3)16-11(2)4-5-15(20)17(14)16/h4-5,10,12-14,20H,6-9,18H2,1-3H3. The quantitative estimate of drug-likeness (QED) is 0.828. The number of aryl methyl sites for hydroxylation is 1. The summed E-state index contributed by atoms with van der Waals surface area (Å²) in [6.07, 6.45) is 2.22. The average Bonchev–Trinajstić information content (AvgIpc) is 2.72. The Bertz CT molecular complexity index is 504. The van der Waals surface area contributed by atoms with E-state index in [9.17, 15) is 5.11 Å². The van der Waals surface area contributed by atoms with Crippen LogP contribution < -0.4 is 5.73 Å². The SMILES string of the molecule is Cc1ccc(O)c2c1C(C)CC2N1CC(C)CC(N)C1. The predicted molar refractivity (Wildman–Crippen MR) is 81.9 cm³/mol. The largest absolute Gasteiger partial charge is 0.508 e. The Balaban J connectivity index is 1.97. The van der Waals surface area contributed by atoms with Gasteiger partial charge in [-0.25, -0.2) is 0 Å². The molecule has 0 spiro atoms. The summed E-state index contributed by atoms with van der Waals surface area (Å²) in [5.41, 5.74) is 10.0. The fourth-order valence-corrected chi connectivity index (χ4v) is 4.34. The number of piperidine rings is 1. The molecule has 20 heavy (non-hydrogen) atoms. The van der Waals surface area contributed by atoms with Gasteiger partial charge in [-0.2, -0.15) is 0 Å². The number of rotatable bonds is 1. The lowest BCUT2D eigenvalue weighted by Crippen LogP contribution is -2.47. The second kappa shape index (κ2) is 5.05. The average molecular weight is 274 g/mol. The molecule has 1 aliphatic heterocycles. The van der Waals surface area contributed by atoms with Crippen LogP contribution in [0.25, 0.3) is 0 Å². The van der Waals surface area contributed by atoms with Gasteiger partial charge in [-0.1, -0.05) is 19.9 Å². The number of phenols is 1. The zero-order valence-corrected chi connectivity index (χ0v) is 12.8. The Hall–Kier alpha value is -1.06. The first-order chi connectivity index (χ1) is 9.47. The maximum absolute atomic E-state index is 10.3. The molecule has 1 fully saturated rings. The van der Waals surface area contributed by atoms with Crippen molar-refractivity contribution in [3.05, 3.63) is 28.8 Å². The van der Waals surface area contributed by atoms with Crippen LogP contribution in [0, 0.1) is 12.8 Å². The van der Waals surface area contributed by atoms with E-state index in [2.05, 4.69) is 25.7 Å².